The Bertz CT molecular complexity index is 530. The predicted octanol–water partition coefficient (Wildman–Crippen LogP) is 3.69. The lowest BCUT2D eigenvalue weighted by Crippen LogP contribution is -2.13. The van der Waals surface area contributed by atoms with E-state index in [1.54, 1.807) is 0 Å². The van der Waals surface area contributed by atoms with Crippen LogP contribution >= 0.6 is 0 Å². The molecule has 0 radical (unpaired) electrons. The molecule has 2 aromatic rings. The summed E-state index contributed by atoms with van der Waals surface area (Å²) in [5.41, 5.74) is 5.38. The van der Waals surface area contributed by atoms with Gasteiger partial charge in [-0.25, -0.2) is 4.98 Å². The van der Waals surface area contributed by atoms with Crippen LogP contribution in [0.5, 0.6) is 0 Å². The van der Waals surface area contributed by atoms with Crippen molar-refractivity contribution in [1.29, 1.82) is 0 Å². The van der Waals surface area contributed by atoms with Crippen LogP contribution in [0, 0.1) is 6.92 Å². The summed E-state index contributed by atoms with van der Waals surface area (Å²) >= 11 is 0. The lowest BCUT2D eigenvalue weighted by molar-refractivity contribution is 0.586. The van der Waals surface area contributed by atoms with Crippen molar-refractivity contribution in [3.8, 4) is 11.3 Å². The largest absolute Gasteiger partial charge is 0.334 e. The topological polar surface area (TPSA) is 17.8 Å². The molecule has 0 aliphatic heterocycles. The Morgan fingerprint density at radius 2 is 1.88 bits per heavy atom. The number of aryl methyl sites for hydroxylation is 1. The quantitative estimate of drug-likeness (QED) is 0.728. The van der Waals surface area contributed by atoms with Crippen molar-refractivity contribution in [3.63, 3.8) is 0 Å². The van der Waals surface area contributed by atoms with Gasteiger partial charge in [0.2, 0.25) is 0 Å². The Kier molecular flexibility index (Phi) is 2.82. The molecule has 2 rings (SSSR count). The summed E-state index contributed by atoms with van der Waals surface area (Å²) in [6.45, 7) is 8.95. The molecule has 0 aliphatic rings. The van der Waals surface area contributed by atoms with Crippen LogP contribution in [-0.2, 0) is 12.5 Å². The maximum Gasteiger partial charge on any atom is 0.0948 e. The Balaban J connectivity index is 2.62. The smallest absolute Gasteiger partial charge is 0.0948 e. The molecular weight excluding hydrogens is 208 g/mol. The summed E-state index contributed by atoms with van der Waals surface area (Å²) in [7, 11) is 2.03. The summed E-state index contributed by atoms with van der Waals surface area (Å²) in [5, 5.41) is 0. The van der Waals surface area contributed by atoms with Crippen molar-refractivity contribution in [2.45, 2.75) is 33.1 Å². The summed E-state index contributed by atoms with van der Waals surface area (Å²) in [4.78, 5) is 4.19. The molecule has 0 fully saturated rings. The number of nitrogens with zero attached hydrogens (tertiary/aromatic N) is 2. The zero-order valence-corrected chi connectivity index (χ0v) is 11.3. The van der Waals surface area contributed by atoms with Gasteiger partial charge in [-0.15, -0.1) is 0 Å². The molecule has 90 valence electrons. The number of aromatic nitrogens is 2. The molecule has 0 saturated carbocycles. The molecule has 0 amide bonds. The van der Waals surface area contributed by atoms with Gasteiger partial charge < -0.3 is 4.57 Å². The van der Waals surface area contributed by atoms with Gasteiger partial charge in [0.05, 0.1) is 18.2 Å². The third-order valence-electron chi connectivity index (χ3n) is 3.23. The molecule has 0 saturated heterocycles. The maximum atomic E-state index is 4.19. The van der Waals surface area contributed by atoms with Crippen molar-refractivity contribution in [3.05, 3.63) is 41.9 Å². The number of hydrogen-bond donors (Lipinski definition) is 0. The van der Waals surface area contributed by atoms with Gasteiger partial charge >= 0.3 is 0 Å². The first kappa shape index (κ1) is 11.9. The molecule has 2 nitrogen and oxygen atoms in total. The highest BCUT2D eigenvalue weighted by atomic mass is 15.0. The second-order valence-electron chi connectivity index (χ2n) is 5.62. The van der Waals surface area contributed by atoms with Crippen molar-refractivity contribution < 1.29 is 0 Å². The molecule has 17 heavy (non-hydrogen) atoms. The van der Waals surface area contributed by atoms with Gasteiger partial charge in [0, 0.05) is 12.6 Å². The number of imidazole rings is 1. The van der Waals surface area contributed by atoms with Crippen LogP contribution in [0.25, 0.3) is 11.3 Å². The molecule has 0 aliphatic carbocycles. The molecule has 0 bridgehead atoms. The van der Waals surface area contributed by atoms with E-state index in [0.717, 1.165) is 0 Å². The third kappa shape index (κ3) is 2.12. The van der Waals surface area contributed by atoms with Gasteiger partial charge in [0.25, 0.3) is 0 Å². The number of hydrogen-bond acceptors (Lipinski definition) is 1. The second kappa shape index (κ2) is 4.02. The van der Waals surface area contributed by atoms with E-state index < -0.39 is 0 Å². The van der Waals surface area contributed by atoms with Crippen LogP contribution < -0.4 is 0 Å². The Labute approximate surface area is 103 Å². The van der Waals surface area contributed by atoms with Crippen LogP contribution in [0.4, 0.5) is 0 Å². The van der Waals surface area contributed by atoms with Gasteiger partial charge in [-0.2, -0.15) is 0 Å². The summed E-state index contributed by atoms with van der Waals surface area (Å²) in [6, 6.07) is 6.52. The summed E-state index contributed by atoms with van der Waals surface area (Å²) in [6.07, 6.45) is 3.77. The van der Waals surface area contributed by atoms with Crippen molar-refractivity contribution in [2.24, 2.45) is 7.05 Å². The monoisotopic (exact) mass is 228 g/mol. The fourth-order valence-corrected chi connectivity index (χ4v) is 2.34. The zero-order chi connectivity index (χ0) is 12.6. The van der Waals surface area contributed by atoms with Gasteiger partial charge in [-0.05, 0) is 23.5 Å². The molecule has 0 spiro atoms. The summed E-state index contributed by atoms with van der Waals surface area (Å²) in [5.74, 6) is 0. The van der Waals surface area contributed by atoms with E-state index in [4.69, 9.17) is 0 Å². The minimum absolute atomic E-state index is 0.179. The van der Waals surface area contributed by atoms with E-state index in [0.29, 0.717) is 0 Å². The van der Waals surface area contributed by atoms with E-state index >= 15 is 0 Å². The molecule has 0 atom stereocenters. The molecule has 1 aromatic heterocycles. The van der Waals surface area contributed by atoms with Gasteiger partial charge in [0.15, 0.2) is 0 Å². The van der Waals surface area contributed by atoms with Gasteiger partial charge in [-0.1, -0.05) is 39.0 Å². The molecular formula is C15H20N2. The van der Waals surface area contributed by atoms with E-state index in [1.165, 1.54) is 22.4 Å². The van der Waals surface area contributed by atoms with Crippen LogP contribution in [0.3, 0.4) is 0 Å². The highest BCUT2D eigenvalue weighted by Gasteiger charge is 2.18. The Hall–Kier alpha value is -1.57. The molecule has 1 heterocycles. The maximum absolute atomic E-state index is 4.19. The SMILES string of the molecule is Cc1c(-c2cncn2C)cccc1C(C)(C)C. The Morgan fingerprint density at radius 1 is 1.18 bits per heavy atom. The van der Waals surface area contributed by atoms with Crippen LogP contribution in [0.2, 0.25) is 0 Å². The van der Waals surface area contributed by atoms with E-state index in [1.807, 2.05) is 19.6 Å². The van der Waals surface area contributed by atoms with Gasteiger partial charge in [-0.3, -0.25) is 0 Å². The van der Waals surface area contributed by atoms with Crippen LogP contribution in [-0.4, -0.2) is 9.55 Å². The average molecular weight is 228 g/mol. The lowest BCUT2D eigenvalue weighted by Gasteiger charge is -2.23. The van der Waals surface area contributed by atoms with Crippen LogP contribution in [0.1, 0.15) is 31.9 Å². The second-order valence-corrected chi connectivity index (χ2v) is 5.62. The molecule has 2 heteroatoms. The fraction of sp³-hybridized carbons (Fsp3) is 0.400. The standard InChI is InChI=1S/C15H20N2/c1-11-12(14-9-16-10-17(14)5)7-6-8-13(11)15(2,3)4/h6-10H,1-5H3. The first-order valence-electron chi connectivity index (χ1n) is 5.98. The fourth-order valence-electron chi connectivity index (χ4n) is 2.34. The highest BCUT2D eigenvalue weighted by Crippen LogP contribution is 2.31. The van der Waals surface area contributed by atoms with E-state index in [2.05, 4.69) is 55.4 Å². The van der Waals surface area contributed by atoms with E-state index in [9.17, 15) is 0 Å². The predicted molar refractivity (Wildman–Crippen MR) is 72.1 cm³/mol. The third-order valence-corrected chi connectivity index (χ3v) is 3.23. The van der Waals surface area contributed by atoms with Gasteiger partial charge in [0.1, 0.15) is 0 Å². The minimum atomic E-state index is 0.179. The normalized spacial score (nSPS) is 11.8. The first-order valence-corrected chi connectivity index (χ1v) is 5.98. The lowest BCUT2D eigenvalue weighted by atomic mass is 9.82. The minimum Gasteiger partial charge on any atom is -0.334 e. The van der Waals surface area contributed by atoms with Crippen molar-refractivity contribution in [2.75, 3.05) is 0 Å². The average Bonchev–Trinajstić information content (AvgIpc) is 2.63. The van der Waals surface area contributed by atoms with E-state index in [-0.39, 0.29) is 5.41 Å². The highest BCUT2D eigenvalue weighted by molar-refractivity contribution is 5.65. The Morgan fingerprint density at radius 3 is 2.41 bits per heavy atom. The summed E-state index contributed by atoms with van der Waals surface area (Å²) < 4.78 is 2.06. The molecule has 1 aromatic carbocycles. The van der Waals surface area contributed by atoms with Crippen LogP contribution in [0.15, 0.2) is 30.7 Å². The first-order chi connectivity index (χ1) is 7.91. The number of rotatable bonds is 1. The molecule has 0 unspecified atom stereocenters. The van der Waals surface area contributed by atoms with Crippen molar-refractivity contribution in [1.82, 2.24) is 9.55 Å². The zero-order valence-electron chi connectivity index (χ0n) is 11.3. The number of benzene rings is 1. The molecule has 0 N–H and O–H groups in total. The van der Waals surface area contributed by atoms with Crippen molar-refractivity contribution >= 4 is 0 Å².